The Bertz CT molecular complexity index is 380. The van der Waals surface area contributed by atoms with Crippen LogP contribution >= 0.6 is 31.9 Å². The fraction of sp³-hybridized carbons (Fsp3) is 0.600. The summed E-state index contributed by atoms with van der Waals surface area (Å²) >= 11 is 6.49. The van der Waals surface area contributed by atoms with Gasteiger partial charge in [-0.2, -0.15) is 5.10 Å². The first kappa shape index (κ1) is 14.7. The zero-order valence-electron chi connectivity index (χ0n) is 9.72. The molecule has 0 saturated heterocycles. The van der Waals surface area contributed by atoms with Gasteiger partial charge in [-0.3, -0.25) is 9.89 Å². The van der Waals surface area contributed by atoms with Gasteiger partial charge in [0.05, 0.1) is 10.6 Å². The Morgan fingerprint density at radius 3 is 2.76 bits per heavy atom. The van der Waals surface area contributed by atoms with Gasteiger partial charge in [-0.25, -0.2) is 0 Å². The maximum atomic E-state index is 11.7. The minimum absolute atomic E-state index is 0.205. The van der Waals surface area contributed by atoms with Crippen LogP contribution in [0.15, 0.2) is 9.08 Å². The Labute approximate surface area is 117 Å². The molecule has 0 aliphatic carbocycles. The SMILES string of the molecule is CC(C)OCCCNC(=O)c1n[nH]c(Br)c1Br. The fourth-order valence-corrected chi connectivity index (χ4v) is 1.77. The molecule has 96 valence electrons. The van der Waals surface area contributed by atoms with Gasteiger partial charge in [0.1, 0.15) is 4.60 Å². The molecule has 0 bridgehead atoms. The molecule has 1 aromatic heterocycles. The lowest BCUT2D eigenvalue weighted by molar-refractivity contribution is 0.0756. The maximum Gasteiger partial charge on any atom is 0.273 e. The molecular weight excluding hydrogens is 354 g/mol. The van der Waals surface area contributed by atoms with Crippen LogP contribution in [0.5, 0.6) is 0 Å². The lowest BCUT2D eigenvalue weighted by Gasteiger charge is -2.07. The van der Waals surface area contributed by atoms with Crippen LogP contribution in [0.2, 0.25) is 0 Å². The highest BCUT2D eigenvalue weighted by Crippen LogP contribution is 2.23. The molecule has 0 radical (unpaired) electrons. The van der Waals surface area contributed by atoms with E-state index in [1.54, 1.807) is 0 Å². The highest BCUT2D eigenvalue weighted by molar-refractivity contribution is 9.13. The minimum atomic E-state index is -0.205. The molecule has 1 rings (SSSR count). The number of hydrogen-bond acceptors (Lipinski definition) is 3. The summed E-state index contributed by atoms with van der Waals surface area (Å²) in [5.41, 5.74) is 0.349. The first-order valence-corrected chi connectivity index (χ1v) is 6.90. The van der Waals surface area contributed by atoms with Crippen LogP contribution in [-0.4, -0.2) is 35.4 Å². The predicted molar refractivity (Wildman–Crippen MR) is 72.0 cm³/mol. The summed E-state index contributed by atoms with van der Waals surface area (Å²) in [5, 5.41) is 9.32. The summed E-state index contributed by atoms with van der Waals surface area (Å²) < 4.78 is 6.66. The highest BCUT2D eigenvalue weighted by Gasteiger charge is 2.15. The molecule has 0 aliphatic heterocycles. The van der Waals surface area contributed by atoms with Gasteiger partial charge in [0.25, 0.3) is 5.91 Å². The molecule has 1 amide bonds. The van der Waals surface area contributed by atoms with Crippen molar-refractivity contribution >= 4 is 37.8 Å². The van der Waals surface area contributed by atoms with E-state index < -0.39 is 0 Å². The number of aromatic amines is 1. The Kier molecular flexibility index (Phi) is 6.15. The standard InChI is InChI=1S/C10H15Br2N3O2/c1-6(2)17-5-3-4-13-10(16)8-7(11)9(12)15-14-8/h6H,3-5H2,1-2H3,(H,13,16)(H,14,15). The van der Waals surface area contributed by atoms with Crippen molar-refractivity contribution in [3.05, 3.63) is 14.8 Å². The van der Waals surface area contributed by atoms with Crippen molar-refractivity contribution in [3.63, 3.8) is 0 Å². The number of carbonyl (C=O) groups is 1. The molecule has 0 aromatic carbocycles. The second-order valence-electron chi connectivity index (χ2n) is 3.73. The van der Waals surface area contributed by atoms with E-state index in [0.717, 1.165) is 6.42 Å². The number of amides is 1. The number of rotatable bonds is 6. The Hall–Kier alpha value is -0.400. The molecule has 0 aliphatic rings. The van der Waals surface area contributed by atoms with Crippen LogP contribution in [-0.2, 0) is 4.74 Å². The van der Waals surface area contributed by atoms with Gasteiger partial charge in [-0.15, -0.1) is 0 Å². The smallest absolute Gasteiger partial charge is 0.273 e. The third-order valence-corrected chi connectivity index (χ3v) is 3.82. The lowest BCUT2D eigenvalue weighted by atomic mass is 10.4. The van der Waals surface area contributed by atoms with E-state index in [-0.39, 0.29) is 12.0 Å². The molecule has 7 heteroatoms. The summed E-state index contributed by atoms with van der Waals surface area (Å²) in [6.07, 6.45) is 1.01. The zero-order valence-corrected chi connectivity index (χ0v) is 12.9. The third-order valence-electron chi connectivity index (χ3n) is 1.94. The number of aromatic nitrogens is 2. The second kappa shape index (κ2) is 7.13. The number of nitrogens with zero attached hydrogens (tertiary/aromatic N) is 1. The van der Waals surface area contributed by atoms with E-state index in [4.69, 9.17) is 4.74 Å². The Morgan fingerprint density at radius 1 is 1.53 bits per heavy atom. The van der Waals surface area contributed by atoms with Crippen LogP contribution in [0.1, 0.15) is 30.8 Å². The van der Waals surface area contributed by atoms with Crippen molar-refractivity contribution in [2.45, 2.75) is 26.4 Å². The van der Waals surface area contributed by atoms with E-state index in [1.165, 1.54) is 0 Å². The first-order valence-electron chi connectivity index (χ1n) is 5.31. The van der Waals surface area contributed by atoms with Crippen LogP contribution in [0.3, 0.4) is 0 Å². The van der Waals surface area contributed by atoms with Gasteiger partial charge in [-0.05, 0) is 52.1 Å². The molecule has 2 N–H and O–H groups in total. The summed E-state index contributed by atoms with van der Waals surface area (Å²) in [4.78, 5) is 11.7. The normalized spacial score (nSPS) is 10.9. The van der Waals surface area contributed by atoms with E-state index in [0.29, 0.717) is 27.9 Å². The molecule has 1 heterocycles. The largest absolute Gasteiger partial charge is 0.379 e. The van der Waals surface area contributed by atoms with E-state index >= 15 is 0 Å². The van der Waals surface area contributed by atoms with Gasteiger partial charge in [0.2, 0.25) is 0 Å². The van der Waals surface area contributed by atoms with Gasteiger partial charge < -0.3 is 10.1 Å². The number of carbonyl (C=O) groups excluding carboxylic acids is 1. The maximum absolute atomic E-state index is 11.7. The quantitative estimate of drug-likeness (QED) is 0.758. The van der Waals surface area contributed by atoms with Crippen molar-refractivity contribution in [2.75, 3.05) is 13.2 Å². The van der Waals surface area contributed by atoms with E-state index in [2.05, 4.69) is 47.4 Å². The predicted octanol–water partition coefficient (Wildman–Crippen LogP) is 2.48. The molecule has 0 atom stereocenters. The number of nitrogens with one attached hydrogen (secondary N) is 2. The van der Waals surface area contributed by atoms with Crippen molar-refractivity contribution in [3.8, 4) is 0 Å². The molecule has 1 aromatic rings. The average molecular weight is 369 g/mol. The summed E-state index contributed by atoms with van der Waals surface area (Å²) in [6, 6.07) is 0. The highest BCUT2D eigenvalue weighted by atomic mass is 79.9. The van der Waals surface area contributed by atoms with Gasteiger partial charge in [-0.1, -0.05) is 0 Å². The second-order valence-corrected chi connectivity index (χ2v) is 5.32. The summed E-state index contributed by atoms with van der Waals surface area (Å²) in [7, 11) is 0. The number of ether oxygens (including phenoxy) is 1. The molecule has 0 spiro atoms. The number of H-pyrrole nitrogens is 1. The van der Waals surface area contributed by atoms with Crippen LogP contribution in [0, 0.1) is 0 Å². The summed E-state index contributed by atoms with van der Waals surface area (Å²) in [5.74, 6) is -0.205. The molecule has 0 unspecified atom stereocenters. The van der Waals surface area contributed by atoms with Gasteiger partial charge in [0.15, 0.2) is 5.69 Å². The van der Waals surface area contributed by atoms with E-state index in [1.807, 2.05) is 13.8 Å². The van der Waals surface area contributed by atoms with Crippen molar-refractivity contribution in [1.29, 1.82) is 0 Å². The van der Waals surface area contributed by atoms with Crippen LogP contribution < -0.4 is 5.32 Å². The lowest BCUT2D eigenvalue weighted by Crippen LogP contribution is -2.26. The van der Waals surface area contributed by atoms with Gasteiger partial charge in [0, 0.05) is 13.2 Å². The van der Waals surface area contributed by atoms with E-state index in [9.17, 15) is 4.79 Å². The number of hydrogen-bond donors (Lipinski definition) is 2. The average Bonchev–Trinajstić information content (AvgIpc) is 2.59. The molecular formula is C10H15Br2N3O2. The number of halogens is 2. The first-order chi connectivity index (χ1) is 8.02. The summed E-state index contributed by atoms with van der Waals surface area (Å²) in [6.45, 7) is 5.18. The molecule has 17 heavy (non-hydrogen) atoms. The zero-order chi connectivity index (χ0) is 12.8. The minimum Gasteiger partial charge on any atom is -0.379 e. The Morgan fingerprint density at radius 2 is 2.24 bits per heavy atom. The fourth-order valence-electron chi connectivity index (χ4n) is 1.13. The monoisotopic (exact) mass is 367 g/mol. The molecule has 0 fully saturated rings. The van der Waals surface area contributed by atoms with Crippen molar-refractivity contribution < 1.29 is 9.53 Å². The topological polar surface area (TPSA) is 67.0 Å². The van der Waals surface area contributed by atoms with Crippen LogP contribution in [0.4, 0.5) is 0 Å². The Balaban J connectivity index is 2.28. The molecule has 5 nitrogen and oxygen atoms in total. The molecule has 0 saturated carbocycles. The van der Waals surface area contributed by atoms with Crippen LogP contribution in [0.25, 0.3) is 0 Å². The van der Waals surface area contributed by atoms with Crippen molar-refractivity contribution in [1.82, 2.24) is 15.5 Å². The van der Waals surface area contributed by atoms with Crippen molar-refractivity contribution in [2.24, 2.45) is 0 Å². The van der Waals surface area contributed by atoms with Gasteiger partial charge >= 0.3 is 0 Å². The third kappa shape index (κ3) is 4.77.